The average Bonchev–Trinajstić information content (AvgIpc) is 3.32. The minimum Gasteiger partial charge on any atom is -0.469 e. The highest BCUT2D eigenvalue weighted by Gasteiger charge is 2.67. The molecule has 10 heteroatoms. The fraction of sp³-hybridized carbons (Fsp3) is 0.861. The van der Waals surface area contributed by atoms with E-state index in [1.807, 2.05) is 0 Å². The molecule has 0 aromatic heterocycles. The molecule has 0 aliphatic heterocycles. The van der Waals surface area contributed by atoms with Crippen LogP contribution >= 0.6 is 0 Å². The van der Waals surface area contributed by atoms with Gasteiger partial charge in [-0.25, -0.2) is 0 Å². The smallest absolute Gasteiger partial charge is 0.312 e. The van der Waals surface area contributed by atoms with Gasteiger partial charge in [0, 0.05) is 39.0 Å². The van der Waals surface area contributed by atoms with Gasteiger partial charge in [0.2, 0.25) is 0 Å². The Morgan fingerprint density at radius 1 is 0.761 bits per heavy atom. The molecule has 4 fully saturated rings. The second kappa shape index (κ2) is 14.2. The summed E-state index contributed by atoms with van der Waals surface area (Å²) < 4.78 is 28.6. The van der Waals surface area contributed by atoms with Gasteiger partial charge in [-0.1, -0.05) is 20.8 Å². The summed E-state index contributed by atoms with van der Waals surface area (Å²) in [5, 5.41) is 0. The van der Waals surface area contributed by atoms with Crippen LogP contribution in [0.15, 0.2) is 0 Å². The number of methoxy groups -OCH3 is 1. The van der Waals surface area contributed by atoms with E-state index in [4.69, 9.17) is 23.7 Å². The number of hydrogen-bond donors (Lipinski definition) is 0. The normalized spacial score (nSPS) is 38.5. The first kappa shape index (κ1) is 36.2. The molecule has 4 aliphatic rings. The van der Waals surface area contributed by atoms with Crippen LogP contribution in [0.2, 0.25) is 0 Å². The molecular formula is C36H56O10. The summed E-state index contributed by atoms with van der Waals surface area (Å²) in [6, 6.07) is 0. The molecule has 0 bridgehead atoms. The van der Waals surface area contributed by atoms with Crippen LogP contribution in [0.4, 0.5) is 0 Å². The maximum absolute atomic E-state index is 12.7. The van der Waals surface area contributed by atoms with Crippen molar-refractivity contribution in [3.8, 4) is 0 Å². The molecule has 0 amide bonds. The highest BCUT2D eigenvalue weighted by atomic mass is 16.6. The zero-order valence-corrected chi connectivity index (χ0v) is 29.3. The molecule has 0 N–H and O–H groups in total. The Labute approximate surface area is 274 Å². The summed E-state index contributed by atoms with van der Waals surface area (Å²) in [5.41, 5.74) is -0.420. The molecular weight excluding hydrogens is 592 g/mol. The molecule has 10 nitrogen and oxygen atoms in total. The Hall–Kier alpha value is -2.65. The Bertz CT molecular complexity index is 1170. The van der Waals surface area contributed by atoms with E-state index in [0.29, 0.717) is 12.8 Å². The minimum atomic E-state index is -0.594. The van der Waals surface area contributed by atoms with Crippen LogP contribution in [0.1, 0.15) is 113 Å². The van der Waals surface area contributed by atoms with E-state index in [9.17, 15) is 24.0 Å². The molecule has 13 atom stereocenters. The first-order valence-electron chi connectivity index (χ1n) is 17.3. The summed E-state index contributed by atoms with van der Waals surface area (Å²) in [7, 11) is 1.33. The SMILES string of the molecule is COC(=O)C(C)C(CC[C@@H](C)[C@H]1CC[C@H]2[C@@H]3C(OC(C)=O)CC4CC(OC(C)=O)CC[C@]4(C)[C@H]3CC(OC(C)=O)[C@]12C)OC(C)=O. The van der Waals surface area contributed by atoms with Crippen LogP contribution in [0, 0.1) is 52.3 Å². The molecule has 6 unspecified atom stereocenters. The van der Waals surface area contributed by atoms with Gasteiger partial charge in [-0.15, -0.1) is 0 Å². The molecule has 0 saturated heterocycles. The second-order valence-corrected chi connectivity index (χ2v) is 15.3. The number of carbonyl (C=O) groups excluding carboxylic acids is 5. The summed E-state index contributed by atoms with van der Waals surface area (Å²) in [5.74, 6) is -1.21. The molecule has 46 heavy (non-hydrogen) atoms. The van der Waals surface area contributed by atoms with E-state index in [-0.39, 0.29) is 82.6 Å². The fourth-order valence-corrected chi connectivity index (χ4v) is 10.7. The van der Waals surface area contributed by atoms with Crippen molar-refractivity contribution in [2.45, 2.75) is 138 Å². The lowest BCUT2D eigenvalue weighted by Crippen LogP contribution is -2.63. The van der Waals surface area contributed by atoms with Crippen molar-refractivity contribution in [3.05, 3.63) is 0 Å². The van der Waals surface area contributed by atoms with Crippen molar-refractivity contribution in [2.24, 2.45) is 52.3 Å². The zero-order valence-electron chi connectivity index (χ0n) is 29.3. The monoisotopic (exact) mass is 648 g/mol. The van der Waals surface area contributed by atoms with Crippen LogP contribution in [-0.4, -0.2) is 61.4 Å². The Morgan fingerprint density at radius 3 is 2.00 bits per heavy atom. The number of ether oxygens (including phenoxy) is 5. The van der Waals surface area contributed by atoms with Gasteiger partial charge >= 0.3 is 29.8 Å². The minimum absolute atomic E-state index is 0.0668. The largest absolute Gasteiger partial charge is 0.469 e. The lowest BCUT2D eigenvalue weighted by molar-refractivity contribution is -0.224. The van der Waals surface area contributed by atoms with Crippen molar-refractivity contribution in [2.75, 3.05) is 7.11 Å². The molecule has 0 radical (unpaired) electrons. The van der Waals surface area contributed by atoms with Crippen molar-refractivity contribution in [1.29, 1.82) is 0 Å². The molecule has 0 spiro atoms. The van der Waals surface area contributed by atoms with Crippen LogP contribution in [0.25, 0.3) is 0 Å². The average molecular weight is 649 g/mol. The van der Waals surface area contributed by atoms with E-state index >= 15 is 0 Å². The molecule has 260 valence electrons. The lowest BCUT2D eigenvalue weighted by Gasteiger charge is -2.64. The zero-order chi connectivity index (χ0) is 34.1. The number of carbonyl (C=O) groups is 5. The van der Waals surface area contributed by atoms with Crippen LogP contribution in [0.3, 0.4) is 0 Å². The molecule has 4 saturated carbocycles. The molecule has 4 rings (SSSR count). The fourth-order valence-electron chi connectivity index (χ4n) is 10.7. The number of esters is 5. The molecule has 0 heterocycles. The summed E-state index contributed by atoms with van der Waals surface area (Å²) in [6.07, 6.45) is 5.67. The number of hydrogen-bond acceptors (Lipinski definition) is 10. The third-order valence-electron chi connectivity index (χ3n) is 12.8. The third kappa shape index (κ3) is 7.10. The standard InChI is InChI=1S/C36H56O10/c1-19(10-13-30(44-22(4)38)20(2)34(41)42-9)27-11-12-28-33-29(18-32(36(27,28)8)46-24(6)40)35(7)15-14-26(43-21(3)37)16-25(35)17-31(33)45-23(5)39/h19-20,25-33H,10-18H2,1-9H3/t19-,20?,25?,26?,27-,28+,29+,30?,31?,32?,33+,35+,36-/m1/s1. The Kier molecular flexibility index (Phi) is 11.2. The van der Waals surface area contributed by atoms with Crippen molar-refractivity contribution < 1.29 is 47.7 Å². The van der Waals surface area contributed by atoms with Gasteiger partial charge in [-0.05, 0) is 99.7 Å². The predicted octanol–water partition coefficient (Wildman–Crippen LogP) is 5.82. The van der Waals surface area contributed by atoms with E-state index in [0.717, 1.165) is 44.9 Å². The van der Waals surface area contributed by atoms with Gasteiger partial charge in [0.1, 0.15) is 24.4 Å². The number of fused-ring (bicyclic) bond motifs is 5. The second-order valence-electron chi connectivity index (χ2n) is 15.3. The maximum Gasteiger partial charge on any atom is 0.312 e. The third-order valence-corrected chi connectivity index (χ3v) is 12.8. The highest BCUT2D eigenvalue weighted by Crippen LogP contribution is 2.69. The molecule has 0 aromatic rings. The number of rotatable bonds is 10. The molecule has 0 aromatic carbocycles. The topological polar surface area (TPSA) is 132 Å². The van der Waals surface area contributed by atoms with E-state index in [1.54, 1.807) is 6.92 Å². The van der Waals surface area contributed by atoms with E-state index in [2.05, 4.69) is 20.8 Å². The molecule has 4 aliphatic carbocycles. The quantitative estimate of drug-likeness (QED) is 0.211. The Morgan fingerprint density at radius 2 is 1.41 bits per heavy atom. The maximum atomic E-state index is 12.7. The van der Waals surface area contributed by atoms with Gasteiger partial charge in [0.25, 0.3) is 0 Å². The van der Waals surface area contributed by atoms with Gasteiger partial charge in [-0.2, -0.15) is 0 Å². The Balaban J connectivity index is 1.65. The summed E-state index contributed by atoms with van der Waals surface area (Å²) in [4.78, 5) is 61.2. The van der Waals surface area contributed by atoms with Gasteiger partial charge < -0.3 is 23.7 Å². The van der Waals surface area contributed by atoms with Crippen molar-refractivity contribution in [3.63, 3.8) is 0 Å². The van der Waals surface area contributed by atoms with Gasteiger partial charge in [-0.3, -0.25) is 24.0 Å². The first-order chi connectivity index (χ1) is 21.5. The van der Waals surface area contributed by atoms with Crippen molar-refractivity contribution >= 4 is 29.8 Å². The van der Waals surface area contributed by atoms with Crippen LogP contribution in [0.5, 0.6) is 0 Å². The summed E-state index contributed by atoms with van der Waals surface area (Å²) in [6.45, 7) is 14.3. The van der Waals surface area contributed by atoms with E-state index < -0.39 is 24.0 Å². The van der Waals surface area contributed by atoms with Crippen LogP contribution < -0.4 is 0 Å². The van der Waals surface area contributed by atoms with Gasteiger partial charge in [0.05, 0.1) is 13.0 Å². The lowest BCUT2D eigenvalue weighted by atomic mass is 9.43. The summed E-state index contributed by atoms with van der Waals surface area (Å²) >= 11 is 0. The highest BCUT2D eigenvalue weighted by molar-refractivity contribution is 5.73. The van der Waals surface area contributed by atoms with Crippen molar-refractivity contribution in [1.82, 2.24) is 0 Å². The van der Waals surface area contributed by atoms with Crippen LogP contribution in [-0.2, 0) is 47.7 Å². The first-order valence-corrected chi connectivity index (χ1v) is 17.3. The van der Waals surface area contributed by atoms with E-state index in [1.165, 1.54) is 34.8 Å². The predicted molar refractivity (Wildman–Crippen MR) is 168 cm³/mol. The van der Waals surface area contributed by atoms with Gasteiger partial charge in [0.15, 0.2) is 0 Å².